The minimum atomic E-state index is -0.0958. The Labute approximate surface area is 151 Å². The van der Waals surface area contributed by atoms with Crippen molar-refractivity contribution in [2.24, 2.45) is 0 Å². The molecule has 0 saturated heterocycles. The van der Waals surface area contributed by atoms with Crippen LogP contribution in [-0.4, -0.2) is 20.7 Å². The number of nitrogens with one attached hydrogen (secondary N) is 2. The molecule has 5 aromatic rings. The number of pyridine rings is 1. The molecule has 2 aromatic carbocycles. The van der Waals surface area contributed by atoms with Gasteiger partial charge >= 0.3 is 0 Å². The number of rotatable bonds is 2. The van der Waals surface area contributed by atoms with Crippen LogP contribution in [-0.2, 0) is 0 Å². The maximum atomic E-state index is 13.2. The van der Waals surface area contributed by atoms with Crippen LogP contribution in [0.3, 0.4) is 0 Å². The molecule has 0 fully saturated rings. The highest BCUT2D eigenvalue weighted by Gasteiger charge is 2.20. The maximum absolute atomic E-state index is 13.2. The van der Waals surface area contributed by atoms with Crippen LogP contribution in [0.15, 0.2) is 65.4 Å². The normalized spacial score (nSPS) is 11.6. The van der Waals surface area contributed by atoms with E-state index in [0.717, 1.165) is 37.2 Å². The fourth-order valence-electron chi connectivity index (χ4n) is 3.35. The number of para-hydroxylation sites is 1. The Morgan fingerprint density at radius 1 is 0.960 bits per heavy atom. The lowest BCUT2D eigenvalue weighted by atomic mass is 10.0. The molecule has 3 aromatic heterocycles. The van der Waals surface area contributed by atoms with Crippen molar-refractivity contribution in [3.8, 4) is 0 Å². The number of aromatic amines is 2. The van der Waals surface area contributed by atoms with Crippen LogP contribution in [0.4, 0.5) is 0 Å². The number of H-pyrrole nitrogens is 2. The third kappa shape index (κ3) is 2.13. The van der Waals surface area contributed by atoms with Crippen molar-refractivity contribution in [2.45, 2.75) is 0 Å². The summed E-state index contributed by atoms with van der Waals surface area (Å²) in [6.45, 7) is 0. The van der Waals surface area contributed by atoms with Crippen molar-refractivity contribution in [3.05, 3.63) is 76.7 Å². The number of hydrogen-bond acceptors (Lipinski definition) is 2. The monoisotopic (exact) mass is 389 g/mol. The molecule has 3 heterocycles. The van der Waals surface area contributed by atoms with Crippen LogP contribution >= 0.6 is 15.9 Å². The molecule has 2 N–H and O–H groups in total. The quantitative estimate of drug-likeness (QED) is 0.408. The van der Waals surface area contributed by atoms with Crippen LogP contribution in [0.25, 0.3) is 32.7 Å². The lowest BCUT2D eigenvalue weighted by molar-refractivity contribution is 0.103. The van der Waals surface area contributed by atoms with Crippen molar-refractivity contribution in [3.63, 3.8) is 0 Å². The van der Waals surface area contributed by atoms with E-state index in [1.807, 2.05) is 48.5 Å². The Hall–Kier alpha value is -2.92. The van der Waals surface area contributed by atoms with Gasteiger partial charge in [0.05, 0.1) is 5.52 Å². The molecule has 5 heteroatoms. The second kappa shape index (κ2) is 5.29. The molecule has 120 valence electrons. The average molecular weight is 390 g/mol. The largest absolute Gasteiger partial charge is 0.360 e. The molecule has 0 aliphatic rings. The van der Waals surface area contributed by atoms with Gasteiger partial charge in [-0.15, -0.1) is 0 Å². The Bertz CT molecular complexity index is 1280. The van der Waals surface area contributed by atoms with Crippen molar-refractivity contribution in [1.82, 2.24) is 15.0 Å². The first-order valence-electron chi connectivity index (χ1n) is 7.89. The standard InChI is InChI=1S/C20H12BrN3O/c21-11-5-6-16-14(9-11)15(10-23-16)20(25)19-18-13(7-8-22-19)12-3-1-2-4-17(12)24-18/h1-10,23-24H. The number of benzene rings is 2. The van der Waals surface area contributed by atoms with Crippen LogP contribution in [0, 0.1) is 0 Å². The molecule has 0 saturated carbocycles. The van der Waals surface area contributed by atoms with Crippen molar-refractivity contribution in [2.75, 3.05) is 0 Å². The van der Waals surface area contributed by atoms with Gasteiger partial charge in [0.1, 0.15) is 5.69 Å². The number of halogens is 1. The van der Waals surface area contributed by atoms with Gasteiger partial charge in [-0.05, 0) is 30.3 Å². The first-order valence-corrected chi connectivity index (χ1v) is 8.68. The molecule has 0 unspecified atom stereocenters. The van der Waals surface area contributed by atoms with Gasteiger partial charge in [0.2, 0.25) is 5.78 Å². The Kier molecular flexibility index (Phi) is 3.05. The molecule has 0 bridgehead atoms. The van der Waals surface area contributed by atoms with E-state index >= 15 is 0 Å². The summed E-state index contributed by atoms with van der Waals surface area (Å²) in [5, 5.41) is 2.99. The Balaban J connectivity index is 1.77. The van der Waals surface area contributed by atoms with E-state index < -0.39 is 0 Å². The van der Waals surface area contributed by atoms with Crippen LogP contribution < -0.4 is 0 Å². The maximum Gasteiger partial charge on any atom is 0.215 e. The lowest BCUT2D eigenvalue weighted by Crippen LogP contribution is -2.04. The van der Waals surface area contributed by atoms with Crippen LogP contribution in [0.2, 0.25) is 0 Å². The van der Waals surface area contributed by atoms with Gasteiger partial charge in [-0.25, -0.2) is 0 Å². The Morgan fingerprint density at radius 2 is 1.84 bits per heavy atom. The summed E-state index contributed by atoms with van der Waals surface area (Å²) >= 11 is 3.47. The summed E-state index contributed by atoms with van der Waals surface area (Å²) in [5.41, 5.74) is 3.76. The van der Waals surface area contributed by atoms with E-state index in [1.165, 1.54) is 0 Å². The lowest BCUT2D eigenvalue weighted by Gasteiger charge is -2.01. The van der Waals surface area contributed by atoms with Gasteiger partial charge in [-0.2, -0.15) is 0 Å². The van der Waals surface area contributed by atoms with E-state index in [4.69, 9.17) is 0 Å². The molecule has 0 aliphatic carbocycles. The molecular formula is C20H12BrN3O. The first-order chi connectivity index (χ1) is 12.2. The number of fused-ring (bicyclic) bond motifs is 4. The zero-order chi connectivity index (χ0) is 17.0. The molecule has 25 heavy (non-hydrogen) atoms. The number of aromatic nitrogens is 3. The minimum absolute atomic E-state index is 0.0958. The SMILES string of the molecule is O=C(c1c[nH]c2ccc(Br)cc12)c1nccc2c1[nH]c1ccccc12. The van der Waals surface area contributed by atoms with Gasteiger partial charge < -0.3 is 9.97 Å². The zero-order valence-electron chi connectivity index (χ0n) is 13.0. The fourth-order valence-corrected chi connectivity index (χ4v) is 3.72. The van der Waals surface area contributed by atoms with Crippen molar-refractivity contribution >= 4 is 54.4 Å². The molecule has 0 amide bonds. The van der Waals surface area contributed by atoms with Crippen LogP contribution in [0.1, 0.15) is 16.1 Å². The van der Waals surface area contributed by atoms with Gasteiger partial charge in [0.15, 0.2) is 0 Å². The number of carbonyl (C=O) groups is 1. The zero-order valence-corrected chi connectivity index (χ0v) is 14.6. The van der Waals surface area contributed by atoms with E-state index in [1.54, 1.807) is 12.4 Å². The van der Waals surface area contributed by atoms with Gasteiger partial charge in [-0.3, -0.25) is 9.78 Å². The second-order valence-electron chi connectivity index (χ2n) is 5.97. The highest BCUT2D eigenvalue weighted by Crippen LogP contribution is 2.29. The number of hydrogen-bond donors (Lipinski definition) is 2. The molecular weight excluding hydrogens is 378 g/mol. The molecule has 0 spiro atoms. The van der Waals surface area contributed by atoms with Gasteiger partial charge in [0, 0.05) is 49.6 Å². The molecule has 5 rings (SSSR count). The van der Waals surface area contributed by atoms with E-state index in [2.05, 4.69) is 30.9 Å². The molecule has 0 radical (unpaired) electrons. The van der Waals surface area contributed by atoms with E-state index in [9.17, 15) is 4.79 Å². The first kappa shape index (κ1) is 14.4. The van der Waals surface area contributed by atoms with E-state index in [-0.39, 0.29) is 5.78 Å². The molecule has 4 nitrogen and oxygen atoms in total. The number of nitrogens with zero attached hydrogens (tertiary/aromatic N) is 1. The number of carbonyl (C=O) groups excluding carboxylic acids is 1. The van der Waals surface area contributed by atoms with Gasteiger partial charge in [0.25, 0.3) is 0 Å². The molecule has 0 atom stereocenters. The third-order valence-electron chi connectivity index (χ3n) is 4.53. The average Bonchev–Trinajstić information content (AvgIpc) is 3.21. The van der Waals surface area contributed by atoms with Crippen LogP contribution in [0.5, 0.6) is 0 Å². The smallest absolute Gasteiger partial charge is 0.215 e. The Morgan fingerprint density at radius 3 is 2.76 bits per heavy atom. The summed E-state index contributed by atoms with van der Waals surface area (Å²) in [7, 11) is 0. The number of ketones is 1. The fraction of sp³-hybridized carbons (Fsp3) is 0. The van der Waals surface area contributed by atoms with Crippen molar-refractivity contribution < 1.29 is 4.79 Å². The summed E-state index contributed by atoms with van der Waals surface area (Å²) in [5.74, 6) is -0.0958. The summed E-state index contributed by atoms with van der Waals surface area (Å²) < 4.78 is 0.936. The third-order valence-corrected chi connectivity index (χ3v) is 5.02. The summed E-state index contributed by atoms with van der Waals surface area (Å²) in [4.78, 5) is 24.1. The predicted octanol–water partition coefficient (Wildman–Crippen LogP) is 5.19. The summed E-state index contributed by atoms with van der Waals surface area (Å²) in [6, 6.07) is 15.8. The summed E-state index contributed by atoms with van der Waals surface area (Å²) in [6.07, 6.45) is 3.45. The van der Waals surface area contributed by atoms with Crippen molar-refractivity contribution in [1.29, 1.82) is 0 Å². The van der Waals surface area contributed by atoms with E-state index in [0.29, 0.717) is 11.3 Å². The predicted molar refractivity (Wildman–Crippen MR) is 103 cm³/mol. The topological polar surface area (TPSA) is 61.5 Å². The minimum Gasteiger partial charge on any atom is -0.360 e. The second-order valence-corrected chi connectivity index (χ2v) is 6.89. The highest BCUT2D eigenvalue weighted by molar-refractivity contribution is 9.10. The molecule has 0 aliphatic heterocycles. The van der Waals surface area contributed by atoms with Gasteiger partial charge in [-0.1, -0.05) is 34.1 Å². The highest BCUT2D eigenvalue weighted by atomic mass is 79.9.